The number of hydrogen-bond donors (Lipinski definition) is 2. The van der Waals surface area contributed by atoms with Crippen LogP contribution in [-0.2, 0) is 14.8 Å². The second-order valence-corrected chi connectivity index (χ2v) is 6.00. The van der Waals surface area contributed by atoms with Gasteiger partial charge >= 0.3 is 5.97 Å². The van der Waals surface area contributed by atoms with Gasteiger partial charge in [-0.15, -0.1) is 0 Å². The third-order valence-corrected chi connectivity index (χ3v) is 4.31. The molecule has 0 aliphatic heterocycles. The van der Waals surface area contributed by atoms with E-state index in [1.165, 1.54) is 12.1 Å². The van der Waals surface area contributed by atoms with Crippen molar-refractivity contribution in [2.24, 2.45) is 0 Å². The summed E-state index contributed by atoms with van der Waals surface area (Å²) in [7, 11) is -3.95. The predicted octanol–water partition coefficient (Wildman–Crippen LogP) is 1.86. The Morgan fingerprint density at radius 2 is 2.06 bits per heavy atom. The van der Waals surface area contributed by atoms with Crippen molar-refractivity contribution in [3.05, 3.63) is 28.8 Å². The minimum absolute atomic E-state index is 0.244. The number of carboxylic acids is 1. The van der Waals surface area contributed by atoms with E-state index >= 15 is 0 Å². The second-order valence-electron chi connectivity index (χ2n) is 3.59. The van der Waals surface area contributed by atoms with Gasteiger partial charge in [0, 0.05) is 10.7 Å². The molecule has 0 fully saturated rings. The number of rotatable bonds is 4. The highest BCUT2D eigenvalue weighted by Crippen LogP contribution is 2.21. The van der Waals surface area contributed by atoms with Crippen LogP contribution in [0.1, 0.15) is 12.5 Å². The maximum atomic E-state index is 11.6. The first-order valence-corrected chi connectivity index (χ1v) is 6.67. The molecule has 0 saturated heterocycles. The molecule has 0 aliphatic carbocycles. The first-order chi connectivity index (χ1) is 7.74. The third kappa shape index (κ3) is 3.34. The molecule has 0 radical (unpaired) electrons. The van der Waals surface area contributed by atoms with Crippen molar-refractivity contribution in [1.82, 2.24) is 0 Å². The summed E-state index contributed by atoms with van der Waals surface area (Å²) < 4.78 is 25.4. The number of hydrogen-bond acceptors (Lipinski definition) is 3. The van der Waals surface area contributed by atoms with Crippen LogP contribution in [0, 0.1) is 6.92 Å². The molecule has 1 unspecified atom stereocenters. The Bertz CT molecular complexity index is 541. The largest absolute Gasteiger partial charge is 0.480 e. The molecule has 0 aromatic heterocycles. The summed E-state index contributed by atoms with van der Waals surface area (Å²) in [5.74, 6) is -1.41. The maximum absolute atomic E-state index is 11.6. The van der Waals surface area contributed by atoms with Gasteiger partial charge in [0.05, 0.1) is 0 Å². The number of aliphatic carboxylic acids is 1. The summed E-state index contributed by atoms with van der Waals surface area (Å²) in [4.78, 5) is 10.6. The number of nitrogens with one attached hydrogen (secondary N) is 1. The number of aryl methyl sites for hydroxylation is 1. The number of anilines is 1. The Morgan fingerprint density at radius 1 is 1.47 bits per heavy atom. The molecular formula is C10H12ClNO4S. The van der Waals surface area contributed by atoms with E-state index < -0.39 is 21.2 Å². The van der Waals surface area contributed by atoms with Crippen LogP contribution < -0.4 is 4.72 Å². The third-order valence-electron chi connectivity index (χ3n) is 2.25. The SMILES string of the molecule is Cc1ccc(NS(=O)(=O)C(C)C(=O)O)cc1Cl. The van der Waals surface area contributed by atoms with Gasteiger partial charge in [-0.1, -0.05) is 17.7 Å². The van der Waals surface area contributed by atoms with Crippen molar-refractivity contribution >= 4 is 33.3 Å². The second kappa shape index (κ2) is 4.93. The molecule has 1 aromatic carbocycles. The van der Waals surface area contributed by atoms with E-state index in [0.29, 0.717) is 5.02 Å². The van der Waals surface area contributed by atoms with Gasteiger partial charge < -0.3 is 5.11 Å². The average Bonchev–Trinajstić information content (AvgIpc) is 2.22. The van der Waals surface area contributed by atoms with Gasteiger partial charge in [0.2, 0.25) is 10.0 Å². The van der Waals surface area contributed by atoms with Crippen LogP contribution >= 0.6 is 11.6 Å². The zero-order valence-electron chi connectivity index (χ0n) is 9.27. The van der Waals surface area contributed by atoms with Crippen LogP contribution in [-0.4, -0.2) is 24.7 Å². The van der Waals surface area contributed by atoms with Crippen molar-refractivity contribution in [1.29, 1.82) is 0 Å². The Labute approximate surface area is 104 Å². The van der Waals surface area contributed by atoms with E-state index in [9.17, 15) is 13.2 Å². The lowest BCUT2D eigenvalue weighted by Crippen LogP contribution is -2.32. The van der Waals surface area contributed by atoms with Crippen molar-refractivity contribution < 1.29 is 18.3 Å². The predicted molar refractivity (Wildman–Crippen MR) is 65.8 cm³/mol. The van der Waals surface area contributed by atoms with Gasteiger partial charge in [0.1, 0.15) is 0 Å². The molecule has 7 heteroatoms. The summed E-state index contributed by atoms with van der Waals surface area (Å²) in [6, 6.07) is 4.60. The van der Waals surface area contributed by atoms with Gasteiger partial charge in [-0.3, -0.25) is 9.52 Å². The molecule has 1 aromatic rings. The molecule has 0 bridgehead atoms. The van der Waals surface area contributed by atoms with Crippen LogP contribution in [0.25, 0.3) is 0 Å². The zero-order chi connectivity index (χ0) is 13.2. The number of benzene rings is 1. The molecule has 17 heavy (non-hydrogen) atoms. The van der Waals surface area contributed by atoms with E-state index in [4.69, 9.17) is 16.7 Å². The molecule has 94 valence electrons. The van der Waals surface area contributed by atoms with E-state index in [2.05, 4.69) is 4.72 Å². The van der Waals surface area contributed by atoms with Crippen molar-refractivity contribution in [2.75, 3.05) is 4.72 Å². The van der Waals surface area contributed by atoms with Crippen LogP contribution in [0.3, 0.4) is 0 Å². The Kier molecular flexibility index (Phi) is 4.00. The van der Waals surface area contributed by atoms with Gasteiger partial charge in [-0.25, -0.2) is 8.42 Å². The molecule has 5 nitrogen and oxygen atoms in total. The van der Waals surface area contributed by atoms with Crippen LogP contribution in [0.5, 0.6) is 0 Å². The first kappa shape index (κ1) is 13.8. The van der Waals surface area contributed by atoms with Crippen LogP contribution in [0.15, 0.2) is 18.2 Å². The molecule has 0 aliphatic rings. The standard InChI is InChI=1S/C10H12ClNO4S/c1-6-3-4-8(5-9(6)11)12-17(15,16)7(2)10(13)14/h3-5,7,12H,1-2H3,(H,13,14). The Hall–Kier alpha value is -1.27. The van der Waals surface area contributed by atoms with Crippen molar-refractivity contribution in [2.45, 2.75) is 19.1 Å². The smallest absolute Gasteiger partial charge is 0.323 e. The zero-order valence-corrected chi connectivity index (χ0v) is 10.8. The van der Waals surface area contributed by atoms with E-state index in [0.717, 1.165) is 12.5 Å². The fourth-order valence-corrected chi connectivity index (χ4v) is 2.12. The maximum Gasteiger partial charge on any atom is 0.323 e. The van der Waals surface area contributed by atoms with Crippen molar-refractivity contribution in [3.63, 3.8) is 0 Å². The topological polar surface area (TPSA) is 83.5 Å². The van der Waals surface area contributed by atoms with Gasteiger partial charge in [-0.05, 0) is 31.5 Å². The molecule has 1 rings (SSSR count). The molecule has 1 atom stereocenters. The summed E-state index contributed by atoms with van der Waals surface area (Å²) in [6.45, 7) is 2.88. The molecule has 2 N–H and O–H groups in total. The molecular weight excluding hydrogens is 266 g/mol. The first-order valence-electron chi connectivity index (χ1n) is 4.74. The highest BCUT2D eigenvalue weighted by atomic mass is 35.5. The number of carboxylic acid groups (broad SMARTS) is 1. The van der Waals surface area contributed by atoms with Gasteiger partial charge in [-0.2, -0.15) is 0 Å². The Morgan fingerprint density at radius 3 is 2.53 bits per heavy atom. The van der Waals surface area contributed by atoms with E-state index in [-0.39, 0.29) is 5.69 Å². The fraction of sp³-hybridized carbons (Fsp3) is 0.300. The fourth-order valence-electron chi connectivity index (χ4n) is 1.04. The highest BCUT2D eigenvalue weighted by Gasteiger charge is 2.27. The molecule has 0 spiro atoms. The summed E-state index contributed by atoms with van der Waals surface area (Å²) >= 11 is 5.83. The average molecular weight is 278 g/mol. The minimum Gasteiger partial charge on any atom is -0.480 e. The monoisotopic (exact) mass is 277 g/mol. The molecule has 0 amide bonds. The Balaban J connectivity index is 2.98. The van der Waals surface area contributed by atoms with Crippen LogP contribution in [0.2, 0.25) is 5.02 Å². The van der Waals surface area contributed by atoms with E-state index in [1.807, 2.05) is 0 Å². The number of carbonyl (C=O) groups is 1. The van der Waals surface area contributed by atoms with Crippen molar-refractivity contribution in [3.8, 4) is 0 Å². The van der Waals surface area contributed by atoms with Crippen LogP contribution in [0.4, 0.5) is 5.69 Å². The highest BCUT2D eigenvalue weighted by molar-refractivity contribution is 7.94. The lowest BCUT2D eigenvalue weighted by molar-refractivity contribution is -0.136. The number of halogens is 1. The summed E-state index contributed by atoms with van der Waals surface area (Å²) in [6.07, 6.45) is 0. The summed E-state index contributed by atoms with van der Waals surface area (Å²) in [5.41, 5.74) is 1.05. The molecule has 0 saturated carbocycles. The minimum atomic E-state index is -3.95. The quantitative estimate of drug-likeness (QED) is 0.880. The summed E-state index contributed by atoms with van der Waals surface area (Å²) in [5, 5.41) is 7.53. The number of sulfonamides is 1. The lowest BCUT2D eigenvalue weighted by atomic mass is 10.2. The lowest BCUT2D eigenvalue weighted by Gasteiger charge is -2.11. The van der Waals surface area contributed by atoms with Gasteiger partial charge in [0.25, 0.3) is 0 Å². The molecule has 0 heterocycles. The van der Waals surface area contributed by atoms with Gasteiger partial charge in [0.15, 0.2) is 5.25 Å². The van der Waals surface area contributed by atoms with E-state index in [1.54, 1.807) is 13.0 Å². The normalized spacial score (nSPS) is 13.1.